The molecule has 0 atom stereocenters. The van der Waals surface area contributed by atoms with Crippen LogP contribution in [0.15, 0.2) is 35.5 Å². The number of ether oxygens (including phenoxy) is 1. The van der Waals surface area contributed by atoms with Gasteiger partial charge in [-0.1, -0.05) is 0 Å². The van der Waals surface area contributed by atoms with Gasteiger partial charge in [0.15, 0.2) is 0 Å². The van der Waals surface area contributed by atoms with E-state index in [1.165, 1.54) is 12.1 Å². The van der Waals surface area contributed by atoms with Gasteiger partial charge in [-0.2, -0.15) is 0 Å². The third-order valence-corrected chi connectivity index (χ3v) is 9.07. The molecule has 0 bridgehead atoms. The van der Waals surface area contributed by atoms with Crippen molar-refractivity contribution >= 4 is 27.8 Å². The molecule has 212 valence electrons. The number of hydrogen-bond donors (Lipinski definition) is 4. The lowest BCUT2D eigenvalue weighted by molar-refractivity contribution is -0.125. The van der Waals surface area contributed by atoms with Gasteiger partial charge >= 0.3 is 6.09 Å². The second-order valence-electron chi connectivity index (χ2n) is 11.4. The van der Waals surface area contributed by atoms with Crippen LogP contribution in [0.2, 0.25) is 0 Å². The Balaban J connectivity index is 1.08. The van der Waals surface area contributed by atoms with Gasteiger partial charge in [-0.05, 0) is 62.3 Å². The summed E-state index contributed by atoms with van der Waals surface area (Å²) in [6, 6.07) is 3.59. The van der Waals surface area contributed by atoms with Crippen LogP contribution in [-0.4, -0.2) is 61.2 Å². The van der Waals surface area contributed by atoms with Gasteiger partial charge in [0.25, 0.3) is 5.92 Å². The monoisotopic (exact) mass is 568 g/mol. The zero-order chi connectivity index (χ0) is 28.1. The van der Waals surface area contributed by atoms with Crippen molar-refractivity contribution in [3.05, 3.63) is 42.0 Å². The molecule has 39 heavy (non-hydrogen) atoms. The van der Waals surface area contributed by atoms with E-state index in [4.69, 9.17) is 4.74 Å². The van der Waals surface area contributed by atoms with Gasteiger partial charge in [0.05, 0.1) is 28.3 Å². The maximum atomic E-state index is 14.7. The number of aromatic nitrogens is 2. The van der Waals surface area contributed by atoms with Crippen molar-refractivity contribution in [1.29, 1.82) is 0 Å². The molecular formula is C25H31F3N6O4S. The number of nitrogens with zero attached hydrogens (tertiary/aromatic N) is 2. The molecule has 2 saturated carbocycles. The number of carbonyl (C=O) groups is 1. The molecular weight excluding hydrogens is 537 g/mol. The molecule has 10 nitrogen and oxygen atoms in total. The summed E-state index contributed by atoms with van der Waals surface area (Å²) in [7, 11) is -3.87. The molecule has 2 aliphatic carbocycles. The Morgan fingerprint density at radius 1 is 1.13 bits per heavy atom. The first-order valence-corrected chi connectivity index (χ1v) is 14.2. The smallest absolute Gasteiger partial charge is 0.407 e. The lowest BCUT2D eigenvalue weighted by atomic mass is 9.72. The van der Waals surface area contributed by atoms with Crippen LogP contribution in [0.4, 0.5) is 29.6 Å². The number of sulfonamides is 1. The predicted octanol–water partition coefficient (Wildman–Crippen LogP) is 3.41. The summed E-state index contributed by atoms with van der Waals surface area (Å²) < 4.78 is 73.8. The average molecular weight is 569 g/mol. The summed E-state index contributed by atoms with van der Waals surface area (Å²) in [5, 5.41) is 8.28. The first-order valence-electron chi connectivity index (χ1n) is 12.7. The molecule has 2 aromatic rings. The fraction of sp³-hybridized carbons (Fsp3) is 0.560. The highest BCUT2D eigenvalue weighted by atomic mass is 32.2. The Morgan fingerprint density at radius 3 is 2.36 bits per heavy atom. The minimum atomic E-state index is -3.87. The third-order valence-electron chi connectivity index (χ3n) is 7.44. The van der Waals surface area contributed by atoms with Crippen molar-refractivity contribution in [3.8, 4) is 0 Å². The predicted molar refractivity (Wildman–Crippen MR) is 136 cm³/mol. The lowest BCUT2D eigenvalue weighted by Crippen LogP contribution is -2.66. The van der Waals surface area contributed by atoms with Gasteiger partial charge in [0.1, 0.15) is 5.82 Å². The third kappa shape index (κ3) is 6.28. The highest BCUT2D eigenvalue weighted by molar-refractivity contribution is 7.89. The number of anilines is 2. The summed E-state index contributed by atoms with van der Waals surface area (Å²) >= 11 is 0. The summed E-state index contributed by atoms with van der Waals surface area (Å²) in [5.41, 5.74) is -0.600. The molecule has 1 amide bonds. The van der Waals surface area contributed by atoms with Crippen molar-refractivity contribution in [1.82, 2.24) is 25.3 Å². The number of benzene rings is 1. The van der Waals surface area contributed by atoms with E-state index in [2.05, 4.69) is 30.6 Å². The molecule has 1 aromatic carbocycles. The molecule has 0 unspecified atom stereocenters. The standard InChI is InChI=1S/C25H31F3N6O4S/c1-23(11-25(27,28)12-23)33-22(35)38-10-15-5-16(6-15)17-8-30-21(31-9-17)32-20-4-3-18(7-19(20)26)39(36,37)34-24(2)13-29-14-24/h3-4,7-9,15-16,29,34H,5-6,10-14H2,1-2H3,(H,33,35)(H,30,31,32). The van der Waals surface area contributed by atoms with E-state index < -0.39 is 38.9 Å². The number of amides is 1. The normalized spacial score (nSPS) is 24.4. The van der Waals surface area contributed by atoms with Crippen LogP contribution in [0.3, 0.4) is 0 Å². The molecule has 5 rings (SSSR count). The molecule has 14 heteroatoms. The van der Waals surface area contributed by atoms with Crippen LogP contribution < -0.4 is 20.7 Å². The van der Waals surface area contributed by atoms with Crippen LogP contribution >= 0.6 is 0 Å². The number of carbonyl (C=O) groups excluding carboxylic acids is 1. The number of alkyl halides is 2. The zero-order valence-electron chi connectivity index (χ0n) is 21.6. The minimum Gasteiger partial charge on any atom is -0.449 e. The van der Waals surface area contributed by atoms with Crippen LogP contribution in [0.5, 0.6) is 0 Å². The summed E-state index contributed by atoms with van der Waals surface area (Å²) in [4.78, 5) is 20.2. The SMILES string of the molecule is CC1(NC(=O)OCC2CC(c3cnc(Nc4ccc(S(=O)(=O)NC5(C)CNC5)cc4F)nc3)C2)CC(F)(F)C1. The number of hydrogen-bond acceptors (Lipinski definition) is 8. The van der Waals surface area contributed by atoms with Crippen LogP contribution in [-0.2, 0) is 14.8 Å². The first kappa shape index (κ1) is 27.6. The molecule has 4 N–H and O–H groups in total. The van der Waals surface area contributed by atoms with E-state index in [0.29, 0.717) is 13.1 Å². The van der Waals surface area contributed by atoms with E-state index in [-0.39, 0.29) is 47.8 Å². The van der Waals surface area contributed by atoms with Crippen LogP contribution in [0, 0.1) is 11.7 Å². The summed E-state index contributed by atoms with van der Waals surface area (Å²) in [6.45, 7) is 4.55. The maximum absolute atomic E-state index is 14.7. The molecule has 0 radical (unpaired) electrons. The lowest BCUT2D eigenvalue weighted by Gasteiger charge is -2.44. The van der Waals surface area contributed by atoms with Gasteiger partial charge in [-0.3, -0.25) is 0 Å². The number of nitrogens with one attached hydrogen (secondary N) is 4. The van der Waals surface area contributed by atoms with Crippen LogP contribution in [0.1, 0.15) is 51.0 Å². The Bertz CT molecular complexity index is 1340. The van der Waals surface area contributed by atoms with E-state index in [9.17, 15) is 26.4 Å². The van der Waals surface area contributed by atoms with Gasteiger partial charge < -0.3 is 20.7 Å². The van der Waals surface area contributed by atoms with E-state index in [0.717, 1.165) is 24.5 Å². The number of halogens is 3. The van der Waals surface area contributed by atoms with Gasteiger partial charge in [-0.25, -0.2) is 41.1 Å². The van der Waals surface area contributed by atoms with Gasteiger partial charge in [0, 0.05) is 38.3 Å². The molecule has 1 saturated heterocycles. The molecule has 3 fully saturated rings. The van der Waals surface area contributed by atoms with Crippen molar-refractivity contribution in [2.45, 2.75) is 67.3 Å². The summed E-state index contributed by atoms with van der Waals surface area (Å²) in [5.74, 6) is -3.00. The Labute approximate surface area is 224 Å². The van der Waals surface area contributed by atoms with Crippen LogP contribution in [0.25, 0.3) is 0 Å². The second kappa shape index (κ2) is 9.89. The summed E-state index contributed by atoms with van der Waals surface area (Å²) in [6.07, 6.45) is 3.32. The molecule has 3 aliphatic rings. The van der Waals surface area contributed by atoms with E-state index in [1.54, 1.807) is 26.2 Å². The highest BCUT2D eigenvalue weighted by Gasteiger charge is 2.54. The largest absolute Gasteiger partial charge is 0.449 e. The molecule has 1 aromatic heterocycles. The molecule has 1 aliphatic heterocycles. The molecule has 0 spiro atoms. The number of rotatable bonds is 9. The second-order valence-corrected chi connectivity index (χ2v) is 13.1. The van der Waals surface area contributed by atoms with Crippen molar-refractivity contribution in [2.24, 2.45) is 5.92 Å². The number of alkyl carbamates (subject to hydrolysis) is 1. The van der Waals surface area contributed by atoms with Crippen molar-refractivity contribution < 1.29 is 31.1 Å². The Morgan fingerprint density at radius 2 is 1.79 bits per heavy atom. The van der Waals surface area contributed by atoms with E-state index in [1.807, 2.05) is 0 Å². The zero-order valence-corrected chi connectivity index (χ0v) is 22.4. The van der Waals surface area contributed by atoms with Gasteiger partial charge in [-0.15, -0.1) is 0 Å². The average Bonchev–Trinajstić information content (AvgIpc) is 2.77. The fourth-order valence-corrected chi connectivity index (χ4v) is 6.67. The topological polar surface area (TPSA) is 134 Å². The highest BCUT2D eigenvalue weighted by Crippen LogP contribution is 2.45. The Hall–Kier alpha value is -2.97. The van der Waals surface area contributed by atoms with Gasteiger partial charge in [0.2, 0.25) is 16.0 Å². The maximum Gasteiger partial charge on any atom is 0.407 e. The molecule has 2 heterocycles. The van der Waals surface area contributed by atoms with Crippen molar-refractivity contribution in [2.75, 3.05) is 25.0 Å². The quantitative estimate of drug-likeness (QED) is 0.362. The Kier molecular flexibility index (Phi) is 7.00. The van der Waals surface area contributed by atoms with E-state index >= 15 is 0 Å². The minimum absolute atomic E-state index is 0.0387. The van der Waals surface area contributed by atoms with Crippen molar-refractivity contribution in [3.63, 3.8) is 0 Å². The first-order chi connectivity index (χ1) is 18.2. The fourth-order valence-electron chi connectivity index (χ4n) is 5.25.